The molecule has 1 aliphatic heterocycles. The maximum atomic E-state index is 14.0. The molecular formula is C26H26FN5O2S. The number of benzene rings is 2. The fraction of sp³-hybridized carbons (Fsp3) is 0.308. The second-order valence-electron chi connectivity index (χ2n) is 9.15. The fourth-order valence-corrected chi connectivity index (χ4v) is 6.61. The third kappa shape index (κ3) is 4.13. The molecule has 1 aliphatic carbocycles. The van der Waals surface area contributed by atoms with Gasteiger partial charge in [0.05, 0.1) is 17.1 Å². The molecule has 0 radical (unpaired) electrons. The minimum atomic E-state index is -3.52. The number of nitrogens with zero attached hydrogens (tertiary/aromatic N) is 5. The number of hydrogen-bond acceptors (Lipinski definition) is 5. The van der Waals surface area contributed by atoms with E-state index >= 15 is 0 Å². The molecule has 9 heteroatoms. The van der Waals surface area contributed by atoms with Crippen molar-refractivity contribution in [2.45, 2.75) is 30.7 Å². The Morgan fingerprint density at radius 2 is 1.74 bits per heavy atom. The zero-order valence-electron chi connectivity index (χ0n) is 19.3. The summed E-state index contributed by atoms with van der Waals surface area (Å²) >= 11 is 0. The van der Waals surface area contributed by atoms with E-state index in [2.05, 4.69) is 9.88 Å². The highest BCUT2D eigenvalue weighted by molar-refractivity contribution is 7.89. The zero-order valence-corrected chi connectivity index (χ0v) is 20.1. The van der Waals surface area contributed by atoms with E-state index in [9.17, 15) is 12.8 Å². The highest BCUT2D eigenvalue weighted by Crippen LogP contribution is 2.27. The number of aromatic nitrogens is 3. The topological polar surface area (TPSA) is 71.3 Å². The number of halogens is 1. The summed E-state index contributed by atoms with van der Waals surface area (Å²) in [6.07, 6.45) is 4.78. The Hall–Kier alpha value is -3.14. The number of sulfonamides is 1. The lowest BCUT2D eigenvalue weighted by Gasteiger charge is -2.33. The van der Waals surface area contributed by atoms with E-state index in [-0.39, 0.29) is 5.82 Å². The van der Waals surface area contributed by atoms with Crippen molar-refractivity contribution in [2.75, 3.05) is 26.2 Å². The first-order valence-electron chi connectivity index (χ1n) is 11.9. The van der Waals surface area contributed by atoms with Crippen LogP contribution < -0.4 is 0 Å². The monoisotopic (exact) mass is 491 g/mol. The molecule has 0 spiro atoms. The van der Waals surface area contributed by atoms with Gasteiger partial charge in [-0.1, -0.05) is 12.1 Å². The lowest BCUT2D eigenvalue weighted by atomic mass is 10.1. The minimum Gasteiger partial charge on any atom is -0.293 e. The van der Waals surface area contributed by atoms with Crippen LogP contribution in [0.2, 0.25) is 0 Å². The molecule has 0 unspecified atom stereocenters. The first-order valence-corrected chi connectivity index (χ1v) is 13.4. The van der Waals surface area contributed by atoms with Crippen molar-refractivity contribution in [1.29, 1.82) is 0 Å². The van der Waals surface area contributed by atoms with Crippen LogP contribution in [0.15, 0.2) is 65.7 Å². The summed E-state index contributed by atoms with van der Waals surface area (Å²) in [6, 6.07) is 15.7. The van der Waals surface area contributed by atoms with Crippen LogP contribution in [0.4, 0.5) is 4.39 Å². The molecule has 2 aromatic heterocycles. The van der Waals surface area contributed by atoms with Crippen molar-refractivity contribution in [3.05, 3.63) is 83.6 Å². The van der Waals surface area contributed by atoms with Gasteiger partial charge in [-0.15, -0.1) is 0 Å². The van der Waals surface area contributed by atoms with Gasteiger partial charge >= 0.3 is 0 Å². The molecule has 4 aromatic rings. The van der Waals surface area contributed by atoms with Gasteiger partial charge in [0.25, 0.3) is 0 Å². The quantitative estimate of drug-likeness (QED) is 0.427. The molecule has 35 heavy (non-hydrogen) atoms. The molecule has 0 N–H and O–H groups in total. The summed E-state index contributed by atoms with van der Waals surface area (Å²) in [5.74, 6) is 0.427. The van der Waals surface area contributed by atoms with E-state index in [0.29, 0.717) is 49.0 Å². The molecule has 6 rings (SSSR count). The Morgan fingerprint density at radius 1 is 0.914 bits per heavy atom. The summed E-state index contributed by atoms with van der Waals surface area (Å²) in [5.41, 5.74) is 4.51. The van der Waals surface area contributed by atoms with E-state index in [1.165, 1.54) is 17.7 Å². The van der Waals surface area contributed by atoms with Crippen molar-refractivity contribution in [2.24, 2.45) is 0 Å². The Labute approximate surface area is 203 Å². The zero-order chi connectivity index (χ0) is 24.0. The average molecular weight is 492 g/mol. The minimum absolute atomic E-state index is 0.323. The van der Waals surface area contributed by atoms with Gasteiger partial charge in [0.1, 0.15) is 17.2 Å². The van der Waals surface area contributed by atoms with Crippen molar-refractivity contribution in [1.82, 2.24) is 23.7 Å². The standard InChI is InChI=1S/C26H26FN5O2S/c27-21-6-2-7-22(17-21)32-25(29-24-8-3-11-28-26(24)32)18-30-12-14-31(15-13-30)35(33,34)23-10-9-19-4-1-5-20(19)16-23/h2-3,6-11,16-17H,1,4-5,12-15,18H2. The lowest BCUT2D eigenvalue weighted by molar-refractivity contribution is 0.177. The molecule has 1 fully saturated rings. The molecule has 0 saturated carbocycles. The number of fused-ring (bicyclic) bond motifs is 2. The van der Waals surface area contributed by atoms with Gasteiger partial charge in [0, 0.05) is 32.4 Å². The molecule has 2 aromatic carbocycles. The Balaban J connectivity index is 1.22. The maximum Gasteiger partial charge on any atom is 0.243 e. The van der Waals surface area contributed by atoms with Gasteiger partial charge in [-0.25, -0.2) is 22.8 Å². The van der Waals surface area contributed by atoms with E-state index in [0.717, 1.165) is 36.2 Å². The van der Waals surface area contributed by atoms with Crippen LogP contribution in [0, 0.1) is 5.82 Å². The Kier molecular flexibility index (Phi) is 5.63. The van der Waals surface area contributed by atoms with Crippen molar-refractivity contribution < 1.29 is 12.8 Å². The highest BCUT2D eigenvalue weighted by Gasteiger charge is 2.30. The lowest BCUT2D eigenvalue weighted by Crippen LogP contribution is -2.48. The van der Waals surface area contributed by atoms with Gasteiger partial charge in [0.15, 0.2) is 5.65 Å². The third-order valence-electron chi connectivity index (χ3n) is 6.96. The van der Waals surface area contributed by atoms with Crippen LogP contribution in [-0.4, -0.2) is 58.3 Å². The number of piperazine rings is 1. The van der Waals surface area contributed by atoms with Crippen molar-refractivity contribution in [3.63, 3.8) is 0 Å². The fourth-order valence-electron chi connectivity index (χ4n) is 5.14. The van der Waals surface area contributed by atoms with E-state index in [4.69, 9.17) is 4.98 Å². The van der Waals surface area contributed by atoms with Gasteiger partial charge in [-0.3, -0.25) is 9.47 Å². The van der Waals surface area contributed by atoms with Crippen LogP contribution in [0.3, 0.4) is 0 Å². The molecule has 180 valence electrons. The average Bonchev–Trinajstić information content (AvgIpc) is 3.48. The Bertz CT molecular complexity index is 1510. The molecule has 0 atom stereocenters. The summed E-state index contributed by atoms with van der Waals surface area (Å²) in [4.78, 5) is 11.8. The van der Waals surface area contributed by atoms with Gasteiger partial charge in [-0.2, -0.15) is 4.31 Å². The number of hydrogen-bond donors (Lipinski definition) is 0. The summed E-state index contributed by atoms with van der Waals surface area (Å²) in [5, 5.41) is 0. The highest BCUT2D eigenvalue weighted by atomic mass is 32.2. The number of imidazole rings is 1. The van der Waals surface area contributed by atoms with Crippen LogP contribution in [0.5, 0.6) is 0 Å². The summed E-state index contributed by atoms with van der Waals surface area (Å²) in [7, 11) is -3.52. The van der Waals surface area contributed by atoms with Crippen molar-refractivity contribution in [3.8, 4) is 5.69 Å². The summed E-state index contributed by atoms with van der Waals surface area (Å²) in [6.45, 7) is 2.52. The summed E-state index contributed by atoms with van der Waals surface area (Å²) < 4.78 is 44.0. The number of rotatable bonds is 5. The first-order chi connectivity index (χ1) is 17.0. The third-order valence-corrected chi connectivity index (χ3v) is 8.85. The largest absolute Gasteiger partial charge is 0.293 e. The van der Waals surface area contributed by atoms with Crippen LogP contribution in [0.25, 0.3) is 16.9 Å². The SMILES string of the molecule is O=S(=O)(c1ccc2c(c1)CCC2)N1CCN(Cc2nc3cccnc3n2-c2cccc(F)c2)CC1. The van der Waals surface area contributed by atoms with Crippen LogP contribution in [0.1, 0.15) is 23.4 Å². The molecule has 0 bridgehead atoms. The van der Waals surface area contributed by atoms with Gasteiger partial charge in [0.2, 0.25) is 10.0 Å². The smallest absolute Gasteiger partial charge is 0.243 e. The molecule has 1 saturated heterocycles. The van der Waals surface area contributed by atoms with Crippen LogP contribution in [-0.2, 0) is 29.4 Å². The maximum absolute atomic E-state index is 14.0. The second-order valence-corrected chi connectivity index (χ2v) is 11.1. The Morgan fingerprint density at radius 3 is 2.57 bits per heavy atom. The molecule has 3 heterocycles. The normalized spacial score (nSPS) is 17.2. The number of aryl methyl sites for hydroxylation is 2. The van der Waals surface area contributed by atoms with Gasteiger partial charge in [-0.05, 0) is 72.9 Å². The predicted octanol–water partition coefficient (Wildman–Crippen LogP) is 3.55. The number of pyridine rings is 1. The van der Waals surface area contributed by atoms with E-state index in [1.54, 1.807) is 22.6 Å². The van der Waals surface area contributed by atoms with E-state index in [1.807, 2.05) is 34.9 Å². The second kappa shape index (κ2) is 8.82. The van der Waals surface area contributed by atoms with Crippen LogP contribution >= 0.6 is 0 Å². The molecule has 0 amide bonds. The van der Waals surface area contributed by atoms with Crippen molar-refractivity contribution >= 4 is 21.2 Å². The molecular weight excluding hydrogens is 465 g/mol. The van der Waals surface area contributed by atoms with E-state index < -0.39 is 10.0 Å². The molecule has 2 aliphatic rings. The molecule has 7 nitrogen and oxygen atoms in total. The predicted molar refractivity (Wildman–Crippen MR) is 131 cm³/mol. The first kappa shape index (κ1) is 22.3. The van der Waals surface area contributed by atoms with Gasteiger partial charge < -0.3 is 0 Å².